The number of carboxylic acid groups (broad SMARTS) is 1. The van der Waals surface area contributed by atoms with Gasteiger partial charge in [0.25, 0.3) is 0 Å². The molecule has 9 heteroatoms. The maximum Gasteiger partial charge on any atom is 0.326 e. The lowest BCUT2D eigenvalue weighted by molar-refractivity contribution is -0.139. The lowest BCUT2D eigenvalue weighted by Crippen LogP contribution is -2.42. The van der Waals surface area contributed by atoms with Gasteiger partial charge in [0.15, 0.2) is 0 Å². The molecule has 0 radical (unpaired) electrons. The van der Waals surface area contributed by atoms with Crippen molar-refractivity contribution in [3.8, 4) is 0 Å². The van der Waals surface area contributed by atoms with Gasteiger partial charge in [-0.3, -0.25) is 5.32 Å². The van der Waals surface area contributed by atoms with Gasteiger partial charge in [-0.15, -0.1) is 6.58 Å². The van der Waals surface area contributed by atoms with Crippen LogP contribution in [0.2, 0.25) is 0 Å². The molecule has 0 aliphatic heterocycles. The fraction of sp³-hybridized carbons (Fsp3) is 0.286. The molecule has 1 aromatic rings. The number of rotatable bonds is 5. The zero-order valence-electron chi connectivity index (χ0n) is 8.08. The van der Waals surface area contributed by atoms with Crippen LogP contribution in [-0.4, -0.2) is 37.9 Å². The van der Waals surface area contributed by atoms with E-state index in [4.69, 9.17) is 5.11 Å². The summed E-state index contributed by atoms with van der Waals surface area (Å²) in [5.74, 6) is -1.13. The third kappa shape index (κ3) is 3.61. The van der Waals surface area contributed by atoms with Crippen molar-refractivity contribution < 1.29 is 14.7 Å². The quantitative estimate of drug-likeness (QED) is 0.630. The second kappa shape index (κ2) is 5.75. The molecule has 0 bridgehead atoms. The molecular weight excluding hydrogens is 234 g/mol. The van der Waals surface area contributed by atoms with Gasteiger partial charge in [0.2, 0.25) is 5.13 Å². The number of carboxylic acids is 1. The second-order valence-electron chi connectivity index (χ2n) is 2.68. The van der Waals surface area contributed by atoms with Crippen LogP contribution < -0.4 is 10.6 Å². The lowest BCUT2D eigenvalue weighted by atomic mass is 10.2. The predicted molar refractivity (Wildman–Crippen MR) is 56.1 cm³/mol. The van der Waals surface area contributed by atoms with Crippen molar-refractivity contribution in [2.45, 2.75) is 12.5 Å². The maximum absolute atomic E-state index is 11.3. The van der Waals surface area contributed by atoms with Gasteiger partial charge in [0, 0.05) is 11.5 Å². The van der Waals surface area contributed by atoms with Crippen LogP contribution in [0.25, 0.3) is 0 Å². The Morgan fingerprint density at radius 1 is 1.62 bits per heavy atom. The second-order valence-corrected chi connectivity index (χ2v) is 3.41. The molecule has 0 saturated carbocycles. The van der Waals surface area contributed by atoms with E-state index in [1.165, 1.54) is 6.08 Å². The third-order valence-electron chi connectivity index (χ3n) is 1.53. The summed E-state index contributed by atoms with van der Waals surface area (Å²) in [6.07, 6.45) is 1.54. The molecule has 8 nitrogen and oxygen atoms in total. The van der Waals surface area contributed by atoms with Gasteiger partial charge in [-0.1, -0.05) is 15.7 Å². The van der Waals surface area contributed by atoms with E-state index in [1.54, 1.807) is 0 Å². The standard InChI is InChI=1S/C7H9N5O3S/c1-2-3-4(5(13)14)8-6(15)9-7-10-11-12-16-7/h2,4H,1,3H2,(H,13,14)(H2,8,9,10,12,15). The van der Waals surface area contributed by atoms with E-state index in [1.807, 2.05) is 0 Å². The summed E-state index contributed by atoms with van der Waals surface area (Å²) in [6, 6.07) is -1.69. The Hall–Kier alpha value is -2.03. The molecule has 1 rings (SSSR count). The number of hydrogen-bond acceptors (Lipinski definition) is 6. The number of hydrogen-bond donors (Lipinski definition) is 3. The van der Waals surface area contributed by atoms with Crippen molar-refractivity contribution in [1.29, 1.82) is 0 Å². The number of carbonyl (C=O) groups is 2. The zero-order valence-corrected chi connectivity index (χ0v) is 8.90. The summed E-state index contributed by atoms with van der Waals surface area (Å²) in [7, 11) is 0. The minimum atomic E-state index is -1.13. The molecule has 0 aliphatic carbocycles. The third-order valence-corrected chi connectivity index (χ3v) is 2.04. The molecule has 1 atom stereocenters. The topological polar surface area (TPSA) is 117 Å². The summed E-state index contributed by atoms with van der Waals surface area (Å²) in [6.45, 7) is 3.40. The molecule has 3 N–H and O–H groups in total. The molecule has 2 amide bonds. The Bertz CT molecular complexity index is 379. The summed E-state index contributed by atoms with van der Waals surface area (Å²) >= 11 is 0.888. The maximum atomic E-state index is 11.3. The predicted octanol–water partition coefficient (Wildman–Crippen LogP) is 0.0839. The number of urea groups is 1. The first kappa shape index (κ1) is 12.0. The van der Waals surface area contributed by atoms with Crippen LogP contribution in [0.4, 0.5) is 9.93 Å². The van der Waals surface area contributed by atoms with Crippen molar-refractivity contribution in [1.82, 2.24) is 20.1 Å². The van der Waals surface area contributed by atoms with Gasteiger partial charge in [0.05, 0.1) is 0 Å². The SMILES string of the molecule is C=CCC(NC(=O)Nc1nnns1)C(=O)O. The van der Waals surface area contributed by atoms with Crippen LogP contribution in [-0.2, 0) is 4.79 Å². The number of nitrogens with zero attached hydrogens (tertiary/aromatic N) is 3. The van der Waals surface area contributed by atoms with Gasteiger partial charge in [-0.05, 0) is 11.6 Å². The van der Waals surface area contributed by atoms with Gasteiger partial charge in [0.1, 0.15) is 6.04 Å². The minimum absolute atomic E-state index is 0.136. The highest BCUT2D eigenvalue weighted by molar-refractivity contribution is 7.09. The highest BCUT2D eigenvalue weighted by atomic mass is 32.1. The van der Waals surface area contributed by atoms with Gasteiger partial charge < -0.3 is 10.4 Å². The Labute approximate surface area is 94.5 Å². The molecule has 1 aromatic heterocycles. The highest BCUT2D eigenvalue weighted by Gasteiger charge is 2.18. The Morgan fingerprint density at radius 2 is 2.38 bits per heavy atom. The average molecular weight is 243 g/mol. The van der Waals surface area contributed by atoms with Crippen LogP contribution in [0.5, 0.6) is 0 Å². The normalized spacial score (nSPS) is 11.5. The van der Waals surface area contributed by atoms with Crippen LogP contribution in [0.15, 0.2) is 12.7 Å². The minimum Gasteiger partial charge on any atom is -0.480 e. The van der Waals surface area contributed by atoms with E-state index in [0.29, 0.717) is 0 Å². The van der Waals surface area contributed by atoms with Crippen LogP contribution in [0, 0.1) is 0 Å². The van der Waals surface area contributed by atoms with Crippen molar-refractivity contribution in [3.05, 3.63) is 12.7 Å². The van der Waals surface area contributed by atoms with Crippen LogP contribution in [0.3, 0.4) is 0 Å². The van der Waals surface area contributed by atoms with Gasteiger partial charge in [-0.25, -0.2) is 9.59 Å². The number of anilines is 1. The molecule has 0 fully saturated rings. The van der Waals surface area contributed by atoms with E-state index >= 15 is 0 Å². The molecule has 0 saturated heterocycles. The number of nitrogens with one attached hydrogen (secondary N) is 2. The van der Waals surface area contributed by atoms with Crippen molar-refractivity contribution >= 4 is 28.7 Å². The zero-order chi connectivity index (χ0) is 12.0. The first-order valence-electron chi connectivity index (χ1n) is 4.19. The lowest BCUT2D eigenvalue weighted by Gasteiger charge is -2.11. The molecule has 0 aliphatic rings. The molecule has 0 aromatic carbocycles. The van der Waals surface area contributed by atoms with Gasteiger partial charge in [-0.2, -0.15) is 0 Å². The monoisotopic (exact) mass is 243 g/mol. The van der Waals surface area contributed by atoms with Crippen LogP contribution >= 0.6 is 11.5 Å². The molecule has 16 heavy (non-hydrogen) atoms. The Kier molecular flexibility index (Phi) is 4.33. The van der Waals surface area contributed by atoms with Crippen molar-refractivity contribution in [2.24, 2.45) is 0 Å². The fourth-order valence-electron chi connectivity index (χ4n) is 0.861. The van der Waals surface area contributed by atoms with Crippen molar-refractivity contribution in [3.63, 3.8) is 0 Å². The molecular formula is C7H9N5O3S. The van der Waals surface area contributed by atoms with Gasteiger partial charge >= 0.3 is 12.0 Å². The molecule has 1 heterocycles. The summed E-state index contributed by atoms with van der Waals surface area (Å²) in [5, 5.41) is 20.2. The Morgan fingerprint density at radius 3 is 2.88 bits per heavy atom. The summed E-state index contributed by atoms with van der Waals surface area (Å²) < 4.78 is 3.43. The molecule has 0 spiro atoms. The van der Waals surface area contributed by atoms with E-state index in [9.17, 15) is 9.59 Å². The van der Waals surface area contributed by atoms with E-state index in [2.05, 4.69) is 32.0 Å². The molecule has 1 unspecified atom stereocenters. The van der Waals surface area contributed by atoms with E-state index in [0.717, 1.165) is 11.5 Å². The molecule has 86 valence electrons. The number of carbonyl (C=O) groups excluding carboxylic acids is 1. The van der Waals surface area contributed by atoms with E-state index in [-0.39, 0.29) is 11.6 Å². The summed E-state index contributed by atoms with van der Waals surface area (Å²) in [5.41, 5.74) is 0. The smallest absolute Gasteiger partial charge is 0.326 e. The number of aliphatic carboxylic acids is 1. The largest absolute Gasteiger partial charge is 0.480 e. The first-order chi connectivity index (χ1) is 7.63. The highest BCUT2D eigenvalue weighted by Crippen LogP contribution is 2.04. The average Bonchev–Trinajstić information content (AvgIpc) is 2.69. The fourth-order valence-corrected chi connectivity index (χ4v) is 1.22. The van der Waals surface area contributed by atoms with Crippen LogP contribution in [0.1, 0.15) is 6.42 Å². The number of aromatic nitrogens is 3. The number of amides is 2. The summed E-state index contributed by atoms with van der Waals surface area (Å²) in [4.78, 5) is 22.0. The van der Waals surface area contributed by atoms with E-state index < -0.39 is 18.0 Å². The first-order valence-corrected chi connectivity index (χ1v) is 4.97. The van der Waals surface area contributed by atoms with Crippen molar-refractivity contribution in [2.75, 3.05) is 5.32 Å². The Balaban J connectivity index is 2.48.